The second-order valence-corrected chi connectivity index (χ2v) is 6.05. The highest BCUT2D eigenvalue weighted by molar-refractivity contribution is 9.13. The second kappa shape index (κ2) is 5.21. The van der Waals surface area contributed by atoms with E-state index < -0.39 is 0 Å². The minimum atomic E-state index is 0.292. The summed E-state index contributed by atoms with van der Waals surface area (Å²) < 4.78 is 7.31. The van der Waals surface area contributed by atoms with E-state index in [1.165, 1.54) is 6.42 Å². The molecule has 0 amide bonds. The minimum absolute atomic E-state index is 0.292. The molecule has 0 spiro atoms. The zero-order valence-corrected chi connectivity index (χ0v) is 12.4. The van der Waals surface area contributed by atoms with Gasteiger partial charge in [-0.15, -0.1) is 0 Å². The van der Waals surface area contributed by atoms with Gasteiger partial charge < -0.3 is 10.2 Å². The molecule has 2 unspecified atom stereocenters. The van der Waals surface area contributed by atoms with Crippen molar-refractivity contribution in [3.8, 4) is 0 Å². The number of likely N-dealkylation sites (tertiary alicyclic amines) is 1. The molecule has 2 rings (SSSR count). The normalized spacial score (nSPS) is 23.9. The van der Waals surface area contributed by atoms with Gasteiger partial charge in [-0.1, -0.05) is 0 Å². The van der Waals surface area contributed by atoms with Crippen LogP contribution in [0, 0.1) is 5.92 Å². The van der Waals surface area contributed by atoms with Crippen LogP contribution in [0.5, 0.6) is 0 Å². The van der Waals surface area contributed by atoms with E-state index in [4.69, 9.17) is 10.2 Å². The molecule has 1 fully saturated rings. The van der Waals surface area contributed by atoms with Crippen molar-refractivity contribution < 1.29 is 4.42 Å². The van der Waals surface area contributed by atoms with Crippen LogP contribution in [-0.2, 0) is 6.54 Å². The summed E-state index contributed by atoms with van der Waals surface area (Å²) in [6.07, 6.45) is 1.20. The first kappa shape index (κ1) is 12.6. The first-order valence-corrected chi connectivity index (χ1v) is 7.06. The van der Waals surface area contributed by atoms with Crippen LogP contribution in [-0.4, -0.2) is 24.0 Å². The van der Waals surface area contributed by atoms with E-state index in [2.05, 4.69) is 43.7 Å². The van der Waals surface area contributed by atoms with E-state index in [0.29, 0.717) is 12.0 Å². The lowest BCUT2D eigenvalue weighted by atomic mass is 10.0. The van der Waals surface area contributed by atoms with Gasteiger partial charge in [-0.3, -0.25) is 4.90 Å². The Labute approximate surface area is 113 Å². The molecule has 5 heteroatoms. The third kappa shape index (κ3) is 2.88. The molecular weight excluding hydrogens is 336 g/mol. The molecule has 2 heterocycles. The van der Waals surface area contributed by atoms with Crippen LogP contribution in [0.4, 0.5) is 0 Å². The SMILES string of the molecule is CC(N)C1CCN(Cc2cc(Br)c(Br)o2)C1. The zero-order valence-electron chi connectivity index (χ0n) is 9.25. The molecule has 16 heavy (non-hydrogen) atoms. The molecule has 2 N–H and O–H groups in total. The number of rotatable bonds is 3. The lowest BCUT2D eigenvalue weighted by Crippen LogP contribution is -2.29. The van der Waals surface area contributed by atoms with Gasteiger partial charge >= 0.3 is 0 Å². The summed E-state index contributed by atoms with van der Waals surface area (Å²) in [6, 6.07) is 2.31. The molecule has 1 aliphatic heterocycles. The number of nitrogens with zero attached hydrogens (tertiary/aromatic N) is 1. The van der Waals surface area contributed by atoms with Gasteiger partial charge in [0.15, 0.2) is 4.67 Å². The first-order valence-electron chi connectivity index (χ1n) is 5.48. The van der Waals surface area contributed by atoms with Crippen molar-refractivity contribution >= 4 is 31.9 Å². The van der Waals surface area contributed by atoms with E-state index in [-0.39, 0.29) is 0 Å². The molecule has 2 atom stereocenters. The van der Waals surface area contributed by atoms with Crippen molar-refractivity contribution in [1.29, 1.82) is 0 Å². The summed E-state index contributed by atoms with van der Waals surface area (Å²) >= 11 is 6.77. The van der Waals surface area contributed by atoms with Crippen LogP contribution in [0.25, 0.3) is 0 Å². The first-order chi connectivity index (χ1) is 7.56. The van der Waals surface area contributed by atoms with Crippen molar-refractivity contribution in [2.24, 2.45) is 11.7 Å². The fraction of sp³-hybridized carbons (Fsp3) is 0.636. The monoisotopic (exact) mass is 350 g/mol. The van der Waals surface area contributed by atoms with E-state index in [1.54, 1.807) is 0 Å². The summed E-state index contributed by atoms with van der Waals surface area (Å²) in [7, 11) is 0. The average Bonchev–Trinajstić information content (AvgIpc) is 2.76. The molecule has 0 saturated carbocycles. The van der Waals surface area contributed by atoms with Gasteiger partial charge in [0.25, 0.3) is 0 Å². The highest BCUT2D eigenvalue weighted by atomic mass is 79.9. The number of nitrogens with two attached hydrogens (primary N) is 1. The topological polar surface area (TPSA) is 42.4 Å². The smallest absolute Gasteiger partial charge is 0.183 e. The zero-order chi connectivity index (χ0) is 11.7. The van der Waals surface area contributed by atoms with Crippen molar-refractivity contribution in [3.05, 3.63) is 21.0 Å². The van der Waals surface area contributed by atoms with Gasteiger partial charge in [0.2, 0.25) is 0 Å². The summed E-state index contributed by atoms with van der Waals surface area (Å²) in [6.45, 7) is 5.15. The Kier molecular flexibility index (Phi) is 4.11. The van der Waals surface area contributed by atoms with Gasteiger partial charge in [0.05, 0.1) is 11.0 Å². The van der Waals surface area contributed by atoms with E-state index in [0.717, 1.165) is 34.5 Å². The molecule has 0 aromatic carbocycles. The second-order valence-electron chi connectivity index (χ2n) is 4.48. The molecule has 3 nitrogen and oxygen atoms in total. The maximum Gasteiger partial charge on any atom is 0.183 e. The predicted octanol–water partition coefficient (Wildman–Crippen LogP) is 2.97. The Morgan fingerprint density at radius 1 is 1.62 bits per heavy atom. The summed E-state index contributed by atoms with van der Waals surface area (Å²) in [5.41, 5.74) is 5.92. The third-order valence-corrected chi connectivity index (χ3v) is 4.84. The molecular formula is C11H16Br2N2O. The van der Waals surface area contributed by atoms with E-state index in [9.17, 15) is 0 Å². The van der Waals surface area contributed by atoms with Gasteiger partial charge in [0, 0.05) is 12.6 Å². The van der Waals surface area contributed by atoms with Crippen molar-refractivity contribution in [1.82, 2.24) is 4.90 Å². The number of hydrogen-bond donors (Lipinski definition) is 1. The summed E-state index contributed by atoms with van der Waals surface area (Å²) in [5, 5.41) is 0. The standard InChI is InChI=1S/C11H16Br2N2O/c1-7(14)8-2-3-15(5-8)6-9-4-10(12)11(13)16-9/h4,7-8H,2-3,5-6,14H2,1H3. The molecule has 90 valence electrons. The quantitative estimate of drug-likeness (QED) is 0.910. The molecule has 1 aliphatic rings. The van der Waals surface area contributed by atoms with Crippen LogP contribution in [0.2, 0.25) is 0 Å². The van der Waals surface area contributed by atoms with Crippen LogP contribution >= 0.6 is 31.9 Å². The molecule has 0 radical (unpaired) electrons. The molecule has 1 saturated heterocycles. The van der Waals surface area contributed by atoms with Crippen LogP contribution < -0.4 is 5.73 Å². The Bertz CT molecular complexity index is 345. The van der Waals surface area contributed by atoms with Crippen molar-refractivity contribution in [3.63, 3.8) is 0 Å². The maximum atomic E-state index is 5.92. The van der Waals surface area contributed by atoms with Crippen LogP contribution in [0.3, 0.4) is 0 Å². The number of halogens is 2. The largest absolute Gasteiger partial charge is 0.452 e. The van der Waals surface area contributed by atoms with Gasteiger partial charge in [-0.25, -0.2) is 0 Å². The van der Waals surface area contributed by atoms with Crippen LogP contribution in [0.1, 0.15) is 19.1 Å². The molecule has 1 aromatic heterocycles. The fourth-order valence-corrected chi connectivity index (χ4v) is 2.78. The Hall–Kier alpha value is 0.160. The third-order valence-electron chi connectivity index (χ3n) is 3.13. The fourth-order valence-electron chi connectivity index (χ4n) is 2.13. The Morgan fingerprint density at radius 2 is 2.38 bits per heavy atom. The summed E-state index contributed by atoms with van der Waals surface area (Å²) in [5.74, 6) is 1.62. The van der Waals surface area contributed by atoms with Gasteiger partial charge in [0.1, 0.15) is 5.76 Å². The lowest BCUT2D eigenvalue weighted by molar-refractivity contribution is 0.279. The number of hydrogen-bond acceptors (Lipinski definition) is 3. The average molecular weight is 352 g/mol. The molecule has 0 aliphatic carbocycles. The molecule has 1 aromatic rings. The number of furan rings is 1. The lowest BCUT2D eigenvalue weighted by Gasteiger charge is -2.16. The van der Waals surface area contributed by atoms with Gasteiger partial charge in [-0.05, 0) is 63.7 Å². The summed E-state index contributed by atoms with van der Waals surface area (Å²) in [4.78, 5) is 2.39. The van der Waals surface area contributed by atoms with E-state index >= 15 is 0 Å². The highest BCUT2D eigenvalue weighted by Gasteiger charge is 2.25. The predicted molar refractivity (Wildman–Crippen MR) is 71.1 cm³/mol. The highest BCUT2D eigenvalue weighted by Crippen LogP contribution is 2.28. The Balaban J connectivity index is 1.92. The Morgan fingerprint density at radius 3 is 2.88 bits per heavy atom. The van der Waals surface area contributed by atoms with Crippen molar-refractivity contribution in [2.75, 3.05) is 13.1 Å². The minimum Gasteiger partial charge on any atom is -0.452 e. The van der Waals surface area contributed by atoms with Crippen molar-refractivity contribution in [2.45, 2.75) is 25.9 Å². The van der Waals surface area contributed by atoms with Crippen LogP contribution in [0.15, 0.2) is 19.6 Å². The van der Waals surface area contributed by atoms with E-state index in [1.807, 2.05) is 6.07 Å². The van der Waals surface area contributed by atoms with Gasteiger partial charge in [-0.2, -0.15) is 0 Å². The molecule has 0 bridgehead atoms. The maximum absolute atomic E-state index is 5.92.